The highest BCUT2D eigenvalue weighted by molar-refractivity contribution is 7.10. The van der Waals surface area contributed by atoms with Gasteiger partial charge in [-0.1, -0.05) is 36.4 Å². The number of thiophene rings is 1. The molecule has 1 aromatic carbocycles. The highest BCUT2D eigenvalue weighted by Crippen LogP contribution is 2.13. The number of carbonyl (C=O) groups is 2. The van der Waals surface area contributed by atoms with Crippen molar-refractivity contribution in [2.24, 2.45) is 0 Å². The van der Waals surface area contributed by atoms with E-state index in [-0.39, 0.29) is 18.4 Å². The molecular formula is C19H23N3O2S. The van der Waals surface area contributed by atoms with Crippen LogP contribution in [-0.4, -0.2) is 54.3 Å². The number of amides is 2. The van der Waals surface area contributed by atoms with Crippen LogP contribution < -0.4 is 5.32 Å². The topological polar surface area (TPSA) is 52.7 Å². The second-order valence-electron chi connectivity index (χ2n) is 6.12. The summed E-state index contributed by atoms with van der Waals surface area (Å²) in [7, 11) is 0. The van der Waals surface area contributed by atoms with E-state index in [2.05, 4.69) is 5.32 Å². The molecule has 0 aliphatic carbocycles. The Morgan fingerprint density at radius 2 is 1.84 bits per heavy atom. The number of benzene rings is 1. The molecule has 6 heteroatoms. The third kappa shape index (κ3) is 5.14. The Morgan fingerprint density at radius 1 is 1.08 bits per heavy atom. The second-order valence-corrected chi connectivity index (χ2v) is 7.15. The number of carbonyl (C=O) groups excluding carboxylic acids is 2. The first-order valence-electron chi connectivity index (χ1n) is 8.55. The first kappa shape index (κ1) is 17.6. The number of nitrogens with zero attached hydrogens (tertiary/aromatic N) is 2. The molecule has 25 heavy (non-hydrogen) atoms. The Balaban J connectivity index is 1.68. The summed E-state index contributed by atoms with van der Waals surface area (Å²) >= 11 is 1.57. The van der Waals surface area contributed by atoms with Crippen LogP contribution in [0.1, 0.15) is 10.4 Å². The van der Waals surface area contributed by atoms with E-state index in [1.165, 1.54) is 0 Å². The summed E-state index contributed by atoms with van der Waals surface area (Å²) in [5, 5.41) is 5.21. The average Bonchev–Trinajstić information content (AvgIpc) is 3.15. The zero-order chi connectivity index (χ0) is 17.5. The van der Waals surface area contributed by atoms with Crippen LogP contribution in [0.4, 0.5) is 0 Å². The van der Waals surface area contributed by atoms with Crippen molar-refractivity contribution >= 4 is 23.2 Å². The Hall–Kier alpha value is -2.18. The maximum atomic E-state index is 12.8. The van der Waals surface area contributed by atoms with Gasteiger partial charge >= 0.3 is 0 Å². The Labute approximate surface area is 152 Å². The molecular weight excluding hydrogens is 334 g/mol. The normalized spacial score (nSPS) is 14.3. The number of hydrogen-bond acceptors (Lipinski definition) is 4. The summed E-state index contributed by atoms with van der Waals surface area (Å²) in [4.78, 5) is 29.9. The lowest BCUT2D eigenvalue weighted by molar-refractivity contribution is -0.141. The van der Waals surface area contributed by atoms with E-state index in [1.807, 2.05) is 52.7 Å². The predicted octanol–water partition coefficient (Wildman–Crippen LogP) is 1.75. The lowest BCUT2D eigenvalue weighted by Crippen LogP contribution is -2.50. The molecule has 0 unspecified atom stereocenters. The van der Waals surface area contributed by atoms with Crippen LogP contribution in [0.3, 0.4) is 0 Å². The smallest absolute Gasteiger partial charge is 0.242 e. The van der Waals surface area contributed by atoms with Gasteiger partial charge in [0.05, 0.1) is 6.42 Å². The van der Waals surface area contributed by atoms with E-state index in [1.54, 1.807) is 16.2 Å². The molecule has 1 fully saturated rings. The van der Waals surface area contributed by atoms with Crippen molar-refractivity contribution in [1.29, 1.82) is 0 Å². The van der Waals surface area contributed by atoms with Crippen LogP contribution in [0.5, 0.6) is 0 Å². The summed E-state index contributed by atoms with van der Waals surface area (Å²) in [6.07, 6.45) is 0.347. The molecule has 1 N–H and O–H groups in total. The fourth-order valence-electron chi connectivity index (χ4n) is 2.89. The first-order valence-corrected chi connectivity index (χ1v) is 9.43. The lowest BCUT2D eigenvalue weighted by Gasteiger charge is -2.30. The van der Waals surface area contributed by atoms with Gasteiger partial charge in [-0.2, -0.15) is 0 Å². The van der Waals surface area contributed by atoms with E-state index in [4.69, 9.17) is 0 Å². The van der Waals surface area contributed by atoms with Crippen molar-refractivity contribution in [3.05, 3.63) is 58.3 Å². The Morgan fingerprint density at radius 3 is 2.52 bits per heavy atom. The zero-order valence-corrected chi connectivity index (χ0v) is 15.0. The van der Waals surface area contributed by atoms with Gasteiger partial charge in [-0.3, -0.25) is 9.59 Å². The summed E-state index contributed by atoms with van der Waals surface area (Å²) < 4.78 is 0. The van der Waals surface area contributed by atoms with Gasteiger partial charge in [-0.05, 0) is 17.0 Å². The minimum Gasteiger partial charge on any atom is -0.339 e. The lowest BCUT2D eigenvalue weighted by atomic mass is 10.2. The molecule has 1 aliphatic rings. The fourth-order valence-corrected chi connectivity index (χ4v) is 3.58. The standard InChI is InChI=1S/C19H23N3O2S/c23-18(13-17-7-4-12-25-17)22(14-16-5-2-1-3-6-16)15-19(24)21-10-8-20-9-11-21/h1-7,12,20H,8-11,13-15H2. The van der Waals surface area contributed by atoms with E-state index in [0.717, 1.165) is 23.5 Å². The van der Waals surface area contributed by atoms with Gasteiger partial charge < -0.3 is 15.1 Å². The first-order chi connectivity index (χ1) is 12.2. The third-order valence-electron chi connectivity index (χ3n) is 4.27. The van der Waals surface area contributed by atoms with Crippen LogP contribution in [-0.2, 0) is 22.6 Å². The summed E-state index contributed by atoms with van der Waals surface area (Å²) in [5.74, 6) is 0.0201. The van der Waals surface area contributed by atoms with E-state index in [9.17, 15) is 9.59 Å². The number of piperazine rings is 1. The average molecular weight is 357 g/mol. The second kappa shape index (κ2) is 8.78. The molecule has 0 bridgehead atoms. The van der Waals surface area contributed by atoms with Gasteiger partial charge in [0.2, 0.25) is 11.8 Å². The summed E-state index contributed by atoms with van der Waals surface area (Å²) in [6.45, 7) is 3.64. The van der Waals surface area contributed by atoms with Crippen LogP contribution in [0.2, 0.25) is 0 Å². The Kier molecular flexibility index (Phi) is 6.19. The van der Waals surface area contributed by atoms with Gasteiger partial charge in [-0.25, -0.2) is 0 Å². The molecule has 1 aromatic heterocycles. The predicted molar refractivity (Wildman–Crippen MR) is 99.3 cm³/mol. The van der Waals surface area contributed by atoms with Crippen molar-refractivity contribution in [3.8, 4) is 0 Å². The molecule has 0 saturated carbocycles. The van der Waals surface area contributed by atoms with E-state index < -0.39 is 0 Å². The van der Waals surface area contributed by atoms with Gasteiger partial charge in [0.1, 0.15) is 6.54 Å². The third-order valence-corrected chi connectivity index (χ3v) is 5.15. The van der Waals surface area contributed by atoms with Crippen molar-refractivity contribution in [2.45, 2.75) is 13.0 Å². The minimum absolute atomic E-state index is 0.00483. The maximum Gasteiger partial charge on any atom is 0.242 e. The molecule has 0 atom stereocenters. The number of nitrogens with one attached hydrogen (secondary N) is 1. The zero-order valence-electron chi connectivity index (χ0n) is 14.2. The van der Waals surface area contributed by atoms with Crippen molar-refractivity contribution in [3.63, 3.8) is 0 Å². The monoisotopic (exact) mass is 357 g/mol. The highest BCUT2D eigenvalue weighted by Gasteiger charge is 2.22. The number of hydrogen-bond donors (Lipinski definition) is 1. The Bertz CT molecular complexity index is 682. The van der Waals surface area contributed by atoms with E-state index in [0.29, 0.717) is 26.1 Å². The molecule has 132 valence electrons. The van der Waals surface area contributed by atoms with E-state index >= 15 is 0 Å². The molecule has 0 radical (unpaired) electrons. The molecule has 5 nitrogen and oxygen atoms in total. The molecule has 2 aromatic rings. The molecule has 3 rings (SSSR count). The van der Waals surface area contributed by atoms with Gasteiger partial charge in [0.15, 0.2) is 0 Å². The molecule has 0 spiro atoms. The summed E-state index contributed by atoms with van der Waals surface area (Å²) in [5.41, 5.74) is 1.04. The molecule has 1 aliphatic heterocycles. The quantitative estimate of drug-likeness (QED) is 0.857. The SMILES string of the molecule is O=C(CN(Cc1ccccc1)C(=O)Cc1cccs1)N1CCNCC1. The van der Waals surface area contributed by atoms with Crippen molar-refractivity contribution in [1.82, 2.24) is 15.1 Å². The largest absolute Gasteiger partial charge is 0.339 e. The molecule has 2 amide bonds. The molecule has 2 heterocycles. The molecule has 1 saturated heterocycles. The fraction of sp³-hybridized carbons (Fsp3) is 0.368. The van der Waals surface area contributed by atoms with Crippen LogP contribution >= 0.6 is 11.3 Å². The highest BCUT2D eigenvalue weighted by atomic mass is 32.1. The van der Waals surface area contributed by atoms with Crippen molar-refractivity contribution < 1.29 is 9.59 Å². The van der Waals surface area contributed by atoms with Gasteiger partial charge in [-0.15, -0.1) is 11.3 Å². The van der Waals surface area contributed by atoms with Crippen LogP contribution in [0.15, 0.2) is 47.8 Å². The van der Waals surface area contributed by atoms with Crippen molar-refractivity contribution in [2.75, 3.05) is 32.7 Å². The maximum absolute atomic E-state index is 12.8. The van der Waals surface area contributed by atoms with Gasteiger partial charge in [0, 0.05) is 37.6 Å². The number of rotatable bonds is 6. The summed E-state index contributed by atoms with van der Waals surface area (Å²) in [6, 6.07) is 13.7. The van der Waals surface area contributed by atoms with Crippen LogP contribution in [0, 0.1) is 0 Å². The minimum atomic E-state index is -0.00483. The van der Waals surface area contributed by atoms with Gasteiger partial charge in [0.25, 0.3) is 0 Å². The van der Waals surface area contributed by atoms with Crippen LogP contribution in [0.25, 0.3) is 0 Å².